The minimum Gasteiger partial charge on any atom is -0.477 e. The highest BCUT2D eigenvalue weighted by Gasteiger charge is 2.16. The van der Waals surface area contributed by atoms with E-state index < -0.39 is 4.92 Å². The average molecular weight is 318 g/mol. The van der Waals surface area contributed by atoms with E-state index in [4.69, 9.17) is 4.74 Å². The highest BCUT2D eigenvalue weighted by Crippen LogP contribution is 2.27. The Labute approximate surface area is 135 Å². The van der Waals surface area contributed by atoms with Crippen molar-refractivity contribution in [1.29, 1.82) is 0 Å². The molecule has 1 aliphatic carbocycles. The molecule has 0 radical (unpaired) electrons. The molecule has 0 atom stereocenters. The van der Waals surface area contributed by atoms with Crippen molar-refractivity contribution in [1.82, 2.24) is 5.32 Å². The van der Waals surface area contributed by atoms with Crippen LogP contribution in [0.25, 0.3) is 0 Å². The highest BCUT2D eigenvalue weighted by atomic mass is 16.6. The number of rotatable bonds is 7. The zero-order valence-electron chi connectivity index (χ0n) is 13.3. The second-order valence-electron chi connectivity index (χ2n) is 5.73. The number of aryl methyl sites for hydroxylation is 1. The molecule has 0 saturated carbocycles. The van der Waals surface area contributed by atoms with Crippen molar-refractivity contribution >= 4 is 11.6 Å². The van der Waals surface area contributed by atoms with Crippen LogP contribution in [0.2, 0.25) is 0 Å². The van der Waals surface area contributed by atoms with Crippen molar-refractivity contribution < 1.29 is 14.5 Å². The molecule has 0 bridgehead atoms. The van der Waals surface area contributed by atoms with Crippen molar-refractivity contribution in [3.8, 4) is 5.75 Å². The molecule has 1 amide bonds. The van der Waals surface area contributed by atoms with Crippen LogP contribution >= 0.6 is 0 Å². The molecular weight excluding hydrogens is 296 g/mol. The van der Waals surface area contributed by atoms with E-state index in [-0.39, 0.29) is 24.0 Å². The summed E-state index contributed by atoms with van der Waals surface area (Å²) in [4.78, 5) is 22.2. The first kappa shape index (κ1) is 17.0. The Morgan fingerprint density at radius 3 is 2.91 bits per heavy atom. The number of allylic oxidation sites excluding steroid dienone is 1. The van der Waals surface area contributed by atoms with E-state index in [0.717, 1.165) is 24.8 Å². The van der Waals surface area contributed by atoms with Crippen LogP contribution < -0.4 is 10.1 Å². The molecule has 6 heteroatoms. The number of hydrogen-bond donors (Lipinski definition) is 1. The second-order valence-corrected chi connectivity index (χ2v) is 5.73. The fraction of sp³-hybridized carbons (Fsp3) is 0.471. The lowest BCUT2D eigenvalue weighted by Gasteiger charge is -2.13. The van der Waals surface area contributed by atoms with Gasteiger partial charge in [-0.05, 0) is 50.7 Å². The molecule has 1 aromatic carbocycles. The van der Waals surface area contributed by atoms with Gasteiger partial charge < -0.3 is 10.1 Å². The summed E-state index contributed by atoms with van der Waals surface area (Å²) in [5.41, 5.74) is 2.11. The lowest BCUT2D eigenvalue weighted by Crippen LogP contribution is -2.30. The standard InChI is InChI=1S/C17H22N2O4/c1-13-7-8-15(19(21)22)16(11-13)23-12-17(20)18-10-9-14-5-3-2-4-6-14/h5,7-8,11H,2-4,6,9-10,12H2,1H3,(H,18,20). The summed E-state index contributed by atoms with van der Waals surface area (Å²) in [6, 6.07) is 4.60. The number of carbonyl (C=O) groups excluding carboxylic acids is 1. The largest absolute Gasteiger partial charge is 0.477 e. The number of benzene rings is 1. The molecule has 1 N–H and O–H groups in total. The summed E-state index contributed by atoms with van der Waals surface area (Å²) >= 11 is 0. The van der Waals surface area contributed by atoms with Crippen LogP contribution in [0.5, 0.6) is 5.75 Å². The predicted molar refractivity (Wildman–Crippen MR) is 87.5 cm³/mol. The molecule has 0 spiro atoms. The summed E-state index contributed by atoms with van der Waals surface area (Å²) in [5, 5.41) is 13.7. The molecule has 0 heterocycles. The molecule has 124 valence electrons. The van der Waals surface area contributed by atoms with E-state index in [2.05, 4.69) is 11.4 Å². The van der Waals surface area contributed by atoms with Gasteiger partial charge in [-0.2, -0.15) is 0 Å². The normalized spacial score (nSPS) is 14.0. The predicted octanol–water partition coefficient (Wildman–Crippen LogP) is 3.29. The van der Waals surface area contributed by atoms with E-state index >= 15 is 0 Å². The Balaban J connectivity index is 1.79. The Kier molecular flexibility index (Phi) is 6.14. The third-order valence-corrected chi connectivity index (χ3v) is 3.82. The fourth-order valence-electron chi connectivity index (χ4n) is 2.58. The van der Waals surface area contributed by atoms with E-state index in [1.165, 1.54) is 24.5 Å². The lowest BCUT2D eigenvalue weighted by atomic mass is 9.97. The summed E-state index contributed by atoms with van der Waals surface area (Å²) in [5.74, 6) is -0.141. The molecule has 6 nitrogen and oxygen atoms in total. The topological polar surface area (TPSA) is 81.5 Å². The van der Waals surface area contributed by atoms with Gasteiger partial charge in [-0.15, -0.1) is 0 Å². The Bertz CT molecular complexity index is 611. The molecule has 0 aromatic heterocycles. The molecule has 0 aliphatic heterocycles. The first-order valence-corrected chi connectivity index (χ1v) is 7.88. The molecule has 2 rings (SSSR count). The minimum atomic E-state index is -0.512. The molecule has 23 heavy (non-hydrogen) atoms. The van der Waals surface area contributed by atoms with Crippen LogP contribution in [-0.2, 0) is 4.79 Å². The van der Waals surface area contributed by atoms with Crippen LogP contribution in [0.4, 0.5) is 5.69 Å². The maximum atomic E-state index is 11.8. The number of carbonyl (C=O) groups is 1. The second kappa shape index (κ2) is 8.31. The summed E-state index contributed by atoms with van der Waals surface area (Å²) < 4.78 is 5.32. The van der Waals surface area contributed by atoms with Gasteiger partial charge in [0.1, 0.15) is 0 Å². The zero-order valence-corrected chi connectivity index (χ0v) is 13.3. The SMILES string of the molecule is Cc1ccc([N+](=O)[O-])c(OCC(=O)NCCC2=CCCCC2)c1. The molecule has 0 fully saturated rings. The van der Waals surface area contributed by atoms with Gasteiger partial charge in [0, 0.05) is 12.6 Å². The quantitative estimate of drug-likeness (QED) is 0.475. The van der Waals surface area contributed by atoms with Crippen molar-refractivity contribution in [2.24, 2.45) is 0 Å². The highest BCUT2D eigenvalue weighted by molar-refractivity contribution is 5.77. The molecule has 0 saturated heterocycles. The van der Waals surface area contributed by atoms with E-state index in [0.29, 0.717) is 6.54 Å². The van der Waals surface area contributed by atoms with Crippen LogP contribution in [-0.4, -0.2) is 24.0 Å². The van der Waals surface area contributed by atoms with Crippen LogP contribution in [0, 0.1) is 17.0 Å². The van der Waals surface area contributed by atoms with Crippen LogP contribution in [0.3, 0.4) is 0 Å². The van der Waals surface area contributed by atoms with Gasteiger partial charge in [0.15, 0.2) is 12.4 Å². The van der Waals surface area contributed by atoms with Gasteiger partial charge in [-0.25, -0.2) is 0 Å². The van der Waals surface area contributed by atoms with Gasteiger partial charge in [0.2, 0.25) is 0 Å². The zero-order chi connectivity index (χ0) is 16.7. The van der Waals surface area contributed by atoms with Gasteiger partial charge >= 0.3 is 5.69 Å². The van der Waals surface area contributed by atoms with Crippen molar-refractivity contribution in [2.45, 2.75) is 39.0 Å². The Morgan fingerprint density at radius 2 is 2.22 bits per heavy atom. The Hall–Kier alpha value is -2.37. The number of amides is 1. The number of nitrogens with one attached hydrogen (secondary N) is 1. The Morgan fingerprint density at radius 1 is 1.39 bits per heavy atom. The number of nitrogens with zero attached hydrogens (tertiary/aromatic N) is 1. The van der Waals surface area contributed by atoms with Crippen molar-refractivity contribution in [3.05, 3.63) is 45.5 Å². The van der Waals surface area contributed by atoms with Gasteiger partial charge in [0.05, 0.1) is 4.92 Å². The first-order chi connectivity index (χ1) is 11.1. The molecule has 0 unspecified atom stereocenters. The smallest absolute Gasteiger partial charge is 0.310 e. The maximum Gasteiger partial charge on any atom is 0.310 e. The lowest BCUT2D eigenvalue weighted by molar-refractivity contribution is -0.385. The van der Waals surface area contributed by atoms with Gasteiger partial charge in [-0.3, -0.25) is 14.9 Å². The molecule has 1 aliphatic rings. The number of ether oxygens (including phenoxy) is 1. The monoisotopic (exact) mass is 318 g/mol. The van der Waals surface area contributed by atoms with E-state index in [1.807, 2.05) is 6.92 Å². The summed E-state index contributed by atoms with van der Waals surface area (Å²) in [6.45, 7) is 2.17. The average Bonchev–Trinajstić information content (AvgIpc) is 2.53. The van der Waals surface area contributed by atoms with Gasteiger partial charge in [-0.1, -0.05) is 17.7 Å². The minimum absolute atomic E-state index is 0.125. The first-order valence-electron chi connectivity index (χ1n) is 7.88. The number of nitro benzene ring substituents is 1. The van der Waals surface area contributed by atoms with Crippen LogP contribution in [0.15, 0.2) is 29.8 Å². The van der Waals surface area contributed by atoms with E-state index in [1.54, 1.807) is 12.1 Å². The van der Waals surface area contributed by atoms with Crippen molar-refractivity contribution in [3.63, 3.8) is 0 Å². The van der Waals surface area contributed by atoms with Crippen LogP contribution in [0.1, 0.15) is 37.7 Å². The third kappa shape index (κ3) is 5.39. The number of nitro groups is 1. The molecule has 1 aromatic rings. The molecular formula is C17H22N2O4. The summed E-state index contributed by atoms with van der Waals surface area (Å²) in [6.07, 6.45) is 7.82. The van der Waals surface area contributed by atoms with Crippen molar-refractivity contribution in [2.75, 3.05) is 13.2 Å². The van der Waals surface area contributed by atoms with E-state index in [9.17, 15) is 14.9 Å². The van der Waals surface area contributed by atoms with Gasteiger partial charge in [0.25, 0.3) is 5.91 Å². The fourth-order valence-corrected chi connectivity index (χ4v) is 2.58. The number of hydrogen-bond acceptors (Lipinski definition) is 4. The summed E-state index contributed by atoms with van der Waals surface area (Å²) in [7, 11) is 0. The maximum absolute atomic E-state index is 11.8. The third-order valence-electron chi connectivity index (χ3n) is 3.82.